The van der Waals surface area contributed by atoms with Crippen molar-refractivity contribution in [3.05, 3.63) is 88.1 Å². The van der Waals surface area contributed by atoms with E-state index in [4.69, 9.17) is 23.2 Å². The standard InChI is InChI=1S/C29H27ClF5N9O2/c1-15-3-2-4-23(20-9-16(7-8-38-20)26-21(41-27(15)46)12-40-44(26)28(31)32)42-14-39-19(11-25(42)45)18-10-17(30)5-6-22(18)43(37)13-24(36)29(33,34)35/h5-15,23,28H,2-4,36-37H2,1H3,(H,41,46)/b24-13-. The van der Waals surface area contributed by atoms with Gasteiger partial charge in [-0.3, -0.25) is 24.1 Å². The summed E-state index contributed by atoms with van der Waals surface area (Å²) in [5.74, 6) is 5.03. The Kier molecular flexibility index (Phi) is 9.12. The van der Waals surface area contributed by atoms with Gasteiger partial charge in [0.05, 0.1) is 47.0 Å². The first kappa shape index (κ1) is 32.6. The van der Waals surface area contributed by atoms with Crippen LogP contribution in [0.5, 0.6) is 0 Å². The number of hydrogen-bond donors (Lipinski definition) is 3. The first-order valence-electron chi connectivity index (χ1n) is 13.8. The highest BCUT2D eigenvalue weighted by Crippen LogP contribution is 2.36. The number of anilines is 2. The topological polar surface area (TPSA) is 150 Å². The minimum absolute atomic E-state index is 0.0281. The van der Waals surface area contributed by atoms with E-state index in [1.807, 2.05) is 0 Å². The van der Waals surface area contributed by atoms with Crippen molar-refractivity contribution < 1.29 is 26.7 Å². The van der Waals surface area contributed by atoms with Crippen molar-refractivity contribution in [2.45, 2.75) is 45.0 Å². The second kappa shape index (κ2) is 12.9. The Balaban J connectivity index is 1.59. The van der Waals surface area contributed by atoms with Crippen LogP contribution in [0.3, 0.4) is 0 Å². The van der Waals surface area contributed by atoms with Crippen molar-refractivity contribution in [2.75, 3.05) is 10.3 Å². The average molecular weight is 664 g/mol. The van der Waals surface area contributed by atoms with Gasteiger partial charge >= 0.3 is 12.7 Å². The number of alkyl halides is 5. The second-order valence-electron chi connectivity index (χ2n) is 10.6. The molecule has 4 heterocycles. The Morgan fingerprint density at radius 3 is 2.61 bits per heavy atom. The summed E-state index contributed by atoms with van der Waals surface area (Å²) in [7, 11) is 0. The van der Waals surface area contributed by atoms with Crippen LogP contribution in [0.4, 0.5) is 33.3 Å². The summed E-state index contributed by atoms with van der Waals surface area (Å²) in [6, 6.07) is 7.61. The summed E-state index contributed by atoms with van der Waals surface area (Å²) in [6.45, 7) is -1.30. The molecular weight excluding hydrogens is 637 g/mol. The molecule has 0 radical (unpaired) electrons. The number of hydrazine groups is 1. The van der Waals surface area contributed by atoms with Gasteiger partial charge in [-0.1, -0.05) is 24.9 Å². The molecular formula is C29H27ClF5N9O2. The molecule has 0 saturated carbocycles. The van der Waals surface area contributed by atoms with Gasteiger partial charge in [0.2, 0.25) is 5.91 Å². The normalized spacial score (nSPS) is 17.6. The fraction of sp³-hybridized carbons (Fsp3) is 0.276. The van der Waals surface area contributed by atoms with Crippen molar-refractivity contribution >= 4 is 28.9 Å². The highest BCUT2D eigenvalue weighted by molar-refractivity contribution is 6.31. The molecule has 46 heavy (non-hydrogen) atoms. The van der Waals surface area contributed by atoms with Gasteiger partial charge in [-0.2, -0.15) is 27.1 Å². The fourth-order valence-corrected chi connectivity index (χ4v) is 5.30. The lowest BCUT2D eigenvalue weighted by molar-refractivity contribution is -0.119. The Bertz CT molecular complexity index is 1860. The smallest absolute Gasteiger partial charge is 0.393 e. The zero-order valence-electron chi connectivity index (χ0n) is 24.0. The second-order valence-corrected chi connectivity index (χ2v) is 11.0. The van der Waals surface area contributed by atoms with Gasteiger partial charge in [-0.25, -0.2) is 15.5 Å². The van der Waals surface area contributed by atoms with E-state index in [1.165, 1.54) is 47.4 Å². The van der Waals surface area contributed by atoms with Crippen LogP contribution >= 0.6 is 11.6 Å². The van der Waals surface area contributed by atoms with E-state index in [9.17, 15) is 31.5 Å². The number of nitrogens with one attached hydrogen (secondary N) is 1. The summed E-state index contributed by atoms with van der Waals surface area (Å²) in [4.78, 5) is 35.4. The molecule has 3 aromatic heterocycles. The number of allylic oxidation sites excluding steroid dienone is 1. The summed E-state index contributed by atoms with van der Waals surface area (Å²) in [5, 5.41) is 7.31. The van der Waals surface area contributed by atoms with Gasteiger partial charge in [-0.15, -0.1) is 0 Å². The number of nitrogens with two attached hydrogens (primary N) is 2. The van der Waals surface area contributed by atoms with Crippen molar-refractivity contribution in [1.29, 1.82) is 0 Å². The van der Waals surface area contributed by atoms with Gasteiger partial charge < -0.3 is 11.1 Å². The van der Waals surface area contributed by atoms with E-state index >= 15 is 0 Å². The van der Waals surface area contributed by atoms with Crippen molar-refractivity contribution in [1.82, 2.24) is 24.3 Å². The van der Waals surface area contributed by atoms with Crippen LogP contribution in [0.2, 0.25) is 5.02 Å². The number of benzene rings is 1. The molecule has 0 spiro atoms. The molecule has 1 aliphatic rings. The third kappa shape index (κ3) is 6.72. The average Bonchev–Trinajstić information content (AvgIpc) is 3.42. The number of rotatable bonds is 5. The first-order chi connectivity index (χ1) is 21.7. The third-order valence-electron chi connectivity index (χ3n) is 7.49. The Hall–Kier alpha value is -4.83. The lowest BCUT2D eigenvalue weighted by Gasteiger charge is -2.23. The molecule has 0 aliphatic carbocycles. The zero-order chi connectivity index (χ0) is 33.3. The van der Waals surface area contributed by atoms with Crippen LogP contribution in [0, 0.1) is 5.92 Å². The van der Waals surface area contributed by atoms with Crippen LogP contribution in [-0.4, -0.2) is 36.4 Å². The van der Waals surface area contributed by atoms with Gasteiger partial charge in [0.1, 0.15) is 5.70 Å². The van der Waals surface area contributed by atoms with Crippen molar-refractivity contribution in [3.63, 3.8) is 0 Å². The van der Waals surface area contributed by atoms with Crippen molar-refractivity contribution in [3.8, 4) is 22.5 Å². The molecule has 0 fully saturated rings. The Morgan fingerprint density at radius 2 is 1.91 bits per heavy atom. The van der Waals surface area contributed by atoms with Crippen LogP contribution in [0.1, 0.15) is 44.5 Å². The highest BCUT2D eigenvalue weighted by atomic mass is 35.5. The minimum atomic E-state index is -4.83. The molecule has 5 rings (SSSR count). The molecule has 1 amide bonds. The summed E-state index contributed by atoms with van der Waals surface area (Å²) in [6.07, 6.45) is 0.692. The summed E-state index contributed by atoms with van der Waals surface area (Å²) >= 11 is 6.17. The van der Waals surface area contributed by atoms with E-state index in [0.717, 1.165) is 6.20 Å². The predicted octanol–water partition coefficient (Wildman–Crippen LogP) is 5.61. The Labute approximate surface area is 263 Å². The van der Waals surface area contributed by atoms with E-state index in [0.29, 0.717) is 40.8 Å². The third-order valence-corrected chi connectivity index (χ3v) is 7.72. The van der Waals surface area contributed by atoms with Gasteiger partial charge in [0.25, 0.3) is 5.56 Å². The molecule has 5 N–H and O–H groups in total. The zero-order valence-corrected chi connectivity index (χ0v) is 24.8. The maximum absolute atomic E-state index is 13.9. The maximum Gasteiger partial charge on any atom is 0.432 e. The molecule has 1 aliphatic heterocycles. The molecule has 17 heteroatoms. The number of carbonyl (C=O) groups excluding carboxylic acids is 1. The number of hydrogen-bond acceptors (Lipinski definition) is 8. The number of halogens is 6. The lowest BCUT2D eigenvalue weighted by Crippen LogP contribution is -2.30. The number of pyridine rings is 1. The van der Waals surface area contributed by atoms with E-state index < -0.39 is 35.9 Å². The summed E-state index contributed by atoms with van der Waals surface area (Å²) < 4.78 is 68.8. The van der Waals surface area contributed by atoms with Crippen LogP contribution in [0.25, 0.3) is 22.5 Å². The highest BCUT2D eigenvalue weighted by Gasteiger charge is 2.32. The van der Waals surface area contributed by atoms with Crippen LogP contribution in [0.15, 0.2) is 71.8 Å². The van der Waals surface area contributed by atoms with Crippen LogP contribution in [-0.2, 0) is 4.79 Å². The summed E-state index contributed by atoms with van der Waals surface area (Å²) in [5.41, 5.74) is 4.08. The largest absolute Gasteiger partial charge is 0.432 e. The number of fused-ring (bicyclic) bond motifs is 4. The van der Waals surface area contributed by atoms with Gasteiger partial charge in [0.15, 0.2) is 0 Å². The molecule has 2 atom stereocenters. The first-order valence-corrected chi connectivity index (χ1v) is 14.2. The van der Waals surface area contributed by atoms with E-state index in [-0.39, 0.29) is 44.8 Å². The van der Waals surface area contributed by atoms with E-state index in [1.54, 1.807) is 13.0 Å². The number of carbonyl (C=O) groups is 1. The van der Waals surface area contributed by atoms with Crippen molar-refractivity contribution in [2.24, 2.45) is 17.5 Å². The van der Waals surface area contributed by atoms with Crippen LogP contribution < -0.4 is 27.5 Å². The molecule has 0 saturated heterocycles. The quantitative estimate of drug-likeness (QED) is 0.142. The SMILES string of the molecule is CC1CCCC(n2cnc(-c3cc(Cl)ccc3N(N)/C=C(\N)C(F)(F)F)cc2=O)c2cc(ccn2)-c2c(cnn2C(F)F)NC1=O. The van der Waals surface area contributed by atoms with Gasteiger partial charge in [0, 0.05) is 40.5 Å². The van der Waals surface area contributed by atoms with E-state index in [2.05, 4.69) is 20.4 Å². The molecule has 2 bridgehead atoms. The molecule has 4 aromatic rings. The molecule has 11 nitrogen and oxygen atoms in total. The molecule has 2 unspecified atom stereocenters. The van der Waals surface area contributed by atoms with Gasteiger partial charge in [-0.05, 0) is 43.2 Å². The minimum Gasteiger partial charge on any atom is -0.393 e. The molecule has 1 aromatic carbocycles. The maximum atomic E-state index is 13.9. The number of aromatic nitrogens is 5. The lowest BCUT2D eigenvalue weighted by atomic mass is 9.97. The number of nitrogens with zero attached hydrogens (tertiary/aromatic N) is 6. The monoisotopic (exact) mass is 663 g/mol. The predicted molar refractivity (Wildman–Crippen MR) is 160 cm³/mol. The fourth-order valence-electron chi connectivity index (χ4n) is 5.12. The number of amides is 1. The Morgan fingerprint density at radius 1 is 1.15 bits per heavy atom. The molecule has 242 valence electrons.